The van der Waals surface area contributed by atoms with Gasteiger partial charge in [0.1, 0.15) is 5.82 Å². The summed E-state index contributed by atoms with van der Waals surface area (Å²) in [6, 6.07) is 21.0. The van der Waals surface area contributed by atoms with E-state index in [0.717, 1.165) is 64.3 Å². The van der Waals surface area contributed by atoms with E-state index in [4.69, 9.17) is 11.6 Å². The van der Waals surface area contributed by atoms with Crippen LogP contribution in [0.15, 0.2) is 71.3 Å². The number of aryl methyl sites for hydroxylation is 4. The molecule has 4 heterocycles. The number of H-pyrrole nitrogens is 2. The zero-order chi connectivity index (χ0) is 30.2. The van der Waals surface area contributed by atoms with E-state index in [1.165, 1.54) is 45.2 Å². The lowest BCUT2D eigenvalue weighted by Crippen LogP contribution is -2.18. The van der Waals surface area contributed by atoms with Gasteiger partial charge in [-0.25, -0.2) is 15.0 Å². The fraction of sp³-hybridized carbons (Fsp3) is 0.286. The van der Waals surface area contributed by atoms with E-state index < -0.39 is 0 Å². The van der Waals surface area contributed by atoms with Crippen molar-refractivity contribution in [3.05, 3.63) is 110 Å². The minimum atomic E-state index is 0. The van der Waals surface area contributed by atoms with Crippen LogP contribution in [0.1, 0.15) is 71.7 Å². The van der Waals surface area contributed by atoms with Gasteiger partial charge >= 0.3 is 0 Å². The number of nitrogens with zero attached hydrogens (tertiary/aromatic N) is 3. The zero-order valence-electron chi connectivity index (χ0n) is 25.3. The Labute approximate surface area is 282 Å². The molecule has 4 aromatic heterocycles. The van der Waals surface area contributed by atoms with Crippen LogP contribution in [0.3, 0.4) is 0 Å². The van der Waals surface area contributed by atoms with Crippen molar-refractivity contribution in [1.29, 1.82) is 0 Å². The maximum atomic E-state index is 6.17. The first-order chi connectivity index (χ1) is 21.4. The Bertz CT molecular complexity index is 1930. The molecule has 232 valence electrons. The van der Waals surface area contributed by atoms with Crippen molar-refractivity contribution in [3.63, 3.8) is 0 Å². The molecule has 2 aliphatic rings. The molecule has 45 heavy (non-hydrogen) atoms. The SMILES string of the molecule is Brc1ccc2[nH]c3c(c2c1)CCCC3Nc1ccccn1.Cc1cc(C)nc(NC2CCCc3c2[nH]c2ccc(Cl)cc32)n1.Cl. The first-order valence-corrected chi connectivity index (χ1v) is 16.4. The van der Waals surface area contributed by atoms with Crippen LogP contribution in [0.2, 0.25) is 5.02 Å². The molecular formula is C35H36BrCl2N7. The number of rotatable bonds is 4. The number of halogens is 3. The van der Waals surface area contributed by atoms with Crippen LogP contribution in [0.4, 0.5) is 11.8 Å². The Kier molecular flexibility index (Phi) is 9.36. The minimum Gasteiger partial charge on any atom is -0.362 e. The molecule has 0 fully saturated rings. The molecular weight excluding hydrogens is 669 g/mol. The van der Waals surface area contributed by atoms with E-state index >= 15 is 0 Å². The topological polar surface area (TPSA) is 94.3 Å². The van der Waals surface area contributed by atoms with Gasteiger partial charge in [-0.3, -0.25) is 0 Å². The number of benzene rings is 2. The van der Waals surface area contributed by atoms with Crippen LogP contribution in [-0.2, 0) is 12.8 Å². The minimum absolute atomic E-state index is 0. The summed E-state index contributed by atoms with van der Waals surface area (Å²) in [6.07, 6.45) is 8.62. The Morgan fingerprint density at radius 1 is 0.778 bits per heavy atom. The second-order valence-electron chi connectivity index (χ2n) is 11.8. The average molecular weight is 706 g/mol. The smallest absolute Gasteiger partial charge is 0.223 e. The quantitative estimate of drug-likeness (QED) is 0.147. The second-order valence-corrected chi connectivity index (χ2v) is 13.1. The molecule has 0 bridgehead atoms. The summed E-state index contributed by atoms with van der Waals surface area (Å²) in [5, 5.41) is 10.4. The monoisotopic (exact) mass is 703 g/mol. The van der Waals surface area contributed by atoms with Crippen molar-refractivity contribution >= 4 is 73.5 Å². The summed E-state index contributed by atoms with van der Waals surface area (Å²) in [4.78, 5) is 20.6. The molecule has 0 radical (unpaired) electrons. The third kappa shape index (κ3) is 6.69. The first kappa shape index (κ1) is 31.4. The predicted molar refractivity (Wildman–Crippen MR) is 191 cm³/mol. The fourth-order valence-corrected chi connectivity index (χ4v) is 7.26. The van der Waals surface area contributed by atoms with Gasteiger partial charge in [0.05, 0.1) is 12.1 Å². The van der Waals surface area contributed by atoms with Crippen molar-refractivity contribution < 1.29 is 0 Å². The van der Waals surface area contributed by atoms with Crippen LogP contribution in [0.25, 0.3) is 21.8 Å². The van der Waals surface area contributed by atoms with Crippen LogP contribution >= 0.6 is 39.9 Å². The van der Waals surface area contributed by atoms with Crippen molar-refractivity contribution in [3.8, 4) is 0 Å². The number of hydrogen-bond donors (Lipinski definition) is 4. The van der Waals surface area contributed by atoms with Crippen LogP contribution in [0, 0.1) is 13.8 Å². The Morgan fingerprint density at radius 3 is 2.04 bits per heavy atom. The molecule has 8 rings (SSSR count). The fourth-order valence-electron chi connectivity index (χ4n) is 6.73. The number of nitrogens with one attached hydrogen (secondary N) is 4. The van der Waals surface area contributed by atoms with E-state index in [-0.39, 0.29) is 18.4 Å². The number of pyridine rings is 1. The molecule has 2 unspecified atom stereocenters. The molecule has 2 atom stereocenters. The van der Waals surface area contributed by atoms with E-state index in [0.29, 0.717) is 12.0 Å². The molecule has 0 saturated heterocycles. The molecule has 0 amide bonds. The predicted octanol–water partition coefficient (Wildman–Crippen LogP) is 9.95. The molecule has 6 aromatic rings. The first-order valence-electron chi connectivity index (χ1n) is 15.3. The van der Waals surface area contributed by atoms with Gasteiger partial charge in [0, 0.05) is 60.3 Å². The third-order valence-electron chi connectivity index (χ3n) is 8.61. The second kappa shape index (κ2) is 13.4. The van der Waals surface area contributed by atoms with Gasteiger partial charge in [-0.05, 0) is 118 Å². The Morgan fingerprint density at radius 2 is 1.40 bits per heavy atom. The summed E-state index contributed by atoms with van der Waals surface area (Å²) in [5.74, 6) is 1.65. The van der Waals surface area contributed by atoms with Gasteiger partial charge in [-0.1, -0.05) is 33.6 Å². The van der Waals surface area contributed by atoms with Gasteiger partial charge in [0.2, 0.25) is 5.95 Å². The summed E-state index contributed by atoms with van der Waals surface area (Å²) >= 11 is 9.74. The highest BCUT2D eigenvalue weighted by atomic mass is 79.9. The summed E-state index contributed by atoms with van der Waals surface area (Å²) in [5.41, 5.74) is 9.73. The van der Waals surface area contributed by atoms with E-state index in [1.54, 1.807) is 0 Å². The summed E-state index contributed by atoms with van der Waals surface area (Å²) in [7, 11) is 0. The molecule has 0 saturated carbocycles. The standard InChI is InChI=1S/C18H19ClN4.C17H16BrN3.ClH/c1-10-8-11(2)21-18(20-10)23-16-5-3-4-13-14-9-12(19)6-7-15(14)22-17(13)16;18-11-7-8-14-13(10-11)12-4-3-5-15(17(12)21-14)20-16-6-1-2-9-19-16;/h6-9,16,22H,3-5H2,1-2H3,(H,20,21,23);1-2,6-10,15,21H,3-5H2,(H,19,20);1H. The number of hydrogen-bond acceptors (Lipinski definition) is 5. The summed E-state index contributed by atoms with van der Waals surface area (Å²) < 4.78 is 1.14. The van der Waals surface area contributed by atoms with Gasteiger partial charge in [0.25, 0.3) is 0 Å². The molecule has 7 nitrogen and oxygen atoms in total. The third-order valence-corrected chi connectivity index (χ3v) is 9.34. The summed E-state index contributed by atoms with van der Waals surface area (Å²) in [6.45, 7) is 3.99. The number of aromatic amines is 2. The van der Waals surface area contributed by atoms with Crippen molar-refractivity contribution in [2.24, 2.45) is 0 Å². The molecule has 0 spiro atoms. The normalized spacial score (nSPS) is 17.1. The zero-order valence-corrected chi connectivity index (χ0v) is 28.4. The lowest BCUT2D eigenvalue weighted by atomic mass is 9.91. The van der Waals surface area contributed by atoms with Crippen molar-refractivity contribution in [2.75, 3.05) is 10.6 Å². The highest BCUT2D eigenvalue weighted by Crippen LogP contribution is 2.38. The lowest BCUT2D eigenvalue weighted by Gasteiger charge is -2.24. The molecule has 0 aliphatic heterocycles. The van der Waals surface area contributed by atoms with Crippen molar-refractivity contribution in [2.45, 2.75) is 64.5 Å². The molecule has 2 aliphatic carbocycles. The van der Waals surface area contributed by atoms with E-state index in [1.807, 2.05) is 50.4 Å². The molecule has 4 N–H and O–H groups in total. The van der Waals surface area contributed by atoms with Gasteiger partial charge in [-0.15, -0.1) is 12.4 Å². The molecule has 2 aromatic carbocycles. The highest BCUT2D eigenvalue weighted by molar-refractivity contribution is 9.10. The lowest BCUT2D eigenvalue weighted by molar-refractivity contribution is 0.588. The van der Waals surface area contributed by atoms with E-state index in [9.17, 15) is 0 Å². The van der Waals surface area contributed by atoms with Gasteiger partial charge in [0.15, 0.2) is 0 Å². The maximum Gasteiger partial charge on any atom is 0.223 e. The average Bonchev–Trinajstić information content (AvgIpc) is 3.57. The van der Waals surface area contributed by atoms with E-state index in [2.05, 4.69) is 81.8 Å². The Hall–Kier alpha value is -3.59. The van der Waals surface area contributed by atoms with Crippen LogP contribution in [-0.4, -0.2) is 24.9 Å². The van der Waals surface area contributed by atoms with Gasteiger partial charge in [-0.2, -0.15) is 0 Å². The number of fused-ring (bicyclic) bond motifs is 6. The number of anilines is 2. The largest absolute Gasteiger partial charge is 0.362 e. The Balaban J connectivity index is 0.000000156. The van der Waals surface area contributed by atoms with Gasteiger partial charge < -0.3 is 20.6 Å². The van der Waals surface area contributed by atoms with Crippen LogP contribution in [0.5, 0.6) is 0 Å². The molecule has 10 heteroatoms. The number of aromatic nitrogens is 5. The van der Waals surface area contributed by atoms with Crippen molar-refractivity contribution in [1.82, 2.24) is 24.9 Å². The van der Waals surface area contributed by atoms with Crippen LogP contribution < -0.4 is 10.6 Å². The maximum absolute atomic E-state index is 6.17. The highest BCUT2D eigenvalue weighted by Gasteiger charge is 2.26.